The van der Waals surface area contributed by atoms with Crippen LogP contribution in [-0.4, -0.2) is 54.7 Å². The topological polar surface area (TPSA) is 70.6 Å². The molecule has 1 aliphatic heterocycles. The van der Waals surface area contributed by atoms with Crippen molar-refractivity contribution in [1.29, 1.82) is 0 Å². The van der Waals surface area contributed by atoms with Gasteiger partial charge in [0.05, 0.1) is 15.5 Å². The van der Waals surface area contributed by atoms with Crippen LogP contribution >= 0.6 is 34.3 Å². The number of hydrogen-bond donors (Lipinski definition) is 0. The van der Waals surface area contributed by atoms with Gasteiger partial charge in [0.1, 0.15) is 9.88 Å². The SMILES string of the molecule is Cc1nc(-c2cccs2)sc1C(=O)N1CCN(S(=O)(=O)c2cccc(Cl)c2)CC1. The average molecular weight is 468 g/mol. The van der Waals surface area contributed by atoms with Crippen LogP contribution in [0.1, 0.15) is 15.4 Å². The highest BCUT2D eigenvalue weighted by Gasteiger charge is 2.31. The molecule has 0 N–H and O–H groups in total. The van der Waals surface area contributed by atoms with Crippen molar-refractivity contribution >= 4 is 50.2 Å². The maximum absolute atomic E-state index is 13.0. The van der Waals surface area contributed by atoms with E-state index in [0.29, 0.717) is 28.7 Å². The summed E-state index contributed by atoms with van der Waals surface area (Å²) in [6, 6.07) is 10.2. The van der Waals surface area contributed by atoms with Gasteiger partial charge in [-0.2, -0.15) is 4.31 Å². The van der Waals surface area contributed by atoms with E-state index in [2.05, 4.69) is 4.98 Å². The lowest BCUT2D eigenvalue weighted by Crippen LogP contribution is -2.50. The Morgan fingerprint density at radius 1 is 1.14 bits per heavy atom. The quantitative estimate of drug-likeness (QED) is 0.581. The molecule has 6 nitrogen and oxygen atoms in total. The second-order valence-corrected chi connectivity index (χ2v) is 10.9. The molecule has 0 saturated carbocycles. The van der Waals surface area contributed by atoms with E-state index in [0.717, 1.165) is 9.88 Å². The fourth-order valence-corrected chi connectivity index (χ4v) is 6.71. The van der Waals surface area contributed by atoms with Crippen molar-refractivity contribution in [1.82, 2.24) is 14.2 Å². The van der Waals surface area contributed by atoms with Crippen molar-refractivity contribution in [2.24, 2.45) is 0 Å². The highest BCUT2D eigenvalue weighted by molar-refractivity contribution is 7.89. The lowest BCUT2D eigenvalue weighted by Gasteiger charge is -2.33. The number of sulfonamides is 1. The number of halogens is 1. The van der Waals surface area contributed by atoms with E-state index in [-0.39, 0.29) is 23.9 Å². The summed E-state index contributed by atoms with van der Waals surface area (Å²) >= 11 is 8.91. The van der Waals surface area contributed by atoms with Crippen LogP contribution in [0.25, 0.3) is 9.88 Å². The zero-order valence-corrected chi connectivity index (χ0v) is 18.7. The number of thiazole rings is 1. The standard InChI is InChI=1S/C19H18ClN3O3S3/c1-13-17(28-18(21-13)16-6-3-11-27-16)19(24)22-7-9-23(10-8-22)29(25,26)15-5-2-4-14(20)12-15/h2-6,11-12H,7-10H2,1H3. The van der Waals surface area contributed by atoms with Gasteiger partial charge in [-0.3, -0.25) is 4.79 Å². The largest absolute Gasteiger partial charge is 0.335 e. The van der Waals surface area contributed by atoms with Crippen LogP contribution in [0.2, 0.25) is 5.02 Å². The number of hydrogen-bond acceptors (Lipinski definition) is 6. The Labute approximate surface area is 182 Å². The molecule has 3 aromatic rings. The molecule has 10 heteroatoms. The zero-order valence-electron chi connectivity index (χ0n) is 15.5. The fraction of sp³-hybridized carbons (Fsp3) is 0.263. The molecule has 29 heavy (non-hydrogen) atoms. The van der Waals surface area contributed by atoms with E-state index in [1.54, 1.807) is 28.4 Å². The van der Waals surface area contributed by atoms with Crippen LogP contribution in [0.4, 0.5) is 0 Å². The van der Waals surface area contributed by atoms with Crippen LogP contribution in [0.3, 0.4) is 0 Å². The molecule has 1 amide bonds. The first kappa shape index (κ1) is 20.5. The monoisotopic (exact) mass is 467 g/mol. The van der Waals surface area contributed by atoms with Crippen molar-refractivity contribution in [3.8, 4) is 9.88 Å². The molecule has 3 heterocycles. The summed E-state index contributed by atoms with van der Waals surface area (Å²) in [5.41, 5.74) is 0.706. The number of rotatable bonds is 4. The first-order valence-electron chi connectivity index (χ1n) is 8.92. The molecule has 4 rings (SSSR count). The molecule has 0 aliphatic carbocycles. The third kappa shape index (κ3) is 4.10. The van der Waals surface area contributed by atoms with E-state index in [4.69, 9.17) is 11.6 Å². The number of aromatic nitrogens is 1. The summed E-state index contributed by atoms with van der Waals surface area (Å²) in [6.45, 7) is 3.00. The molecule has 0 bridgehead atoms. The molecule has 0 radical (unpaired) electrons. The summed E-state index contributed by atoms with van der Waals surface area (Å²) in [5, 5.41) is 3.19. The minimum atomic E-state index is -3.63. The first-order chi connectivity index (χ1) is 13.9. The van der Waals surface area contributed by atoms with Crippen LogP contribution < -0.4 is 0 Å². The fourth-order valence-electron chi connectivity index (χ4n) is 3.15. The van der Waals surface area contributed by atoms with Crippen molar-refractivity contribution in [3.63, 3.8) is 0 Å². The van der Waals surface area contributed by atoms with Crippen molar-refractivity contribution < 1.29 is 13.2 Å². The van der Waals surface area contributed by atoms with Crippen LogP contribution in [0, 0.1) is 6.92 Å². The van der Waals surface area contributed by atoms with Crippen LogP contribution in [0.5, 0.6) is 0 Å². The van der Waals surface area contributed by atoms with Gasteiger partial charge in [0.25, 0.3) is 5.91 Å². The first-order valence-corrected chi connectivity index (χ1v) is 12.4. The number of carbonyl (C=O) groups is 1. The Kier molecular flexibility index (Phi) is 5.76. The molecule has 1 aliphatic rings. The molecule has 0 spiro atoms. The number of aryl methyl sites for hydroxylation is 1. The maximum atomic E-state index is 13.0. The van der Waals surface area contributed by atoms with Gasteiger partial charge in [0.15, 0.2) is 0 Å². The van der Waals surface area contributed by atoms with Gasteiger partial charge in [-0.25, -0.2) is 13.4 Å². The number of carbonyl (C=O) groups excluding carboxylic acids is 1. The molecule has 1 fully saturated rings. The van der Waals surface area contributed by atoms with E-state index < -0.39 is 10.0 Å². The highest BCUT2D eigenvalue weighted by Crippen LogP contribution is 2.32. The second kappa shape index (κ2) is 8.16. The Bertz CT molecular complexity index is 1130. The lowest BCUT2D eigenvalue weighted by atomic mass is 10.3. The normalized spacial score (nSPS) is 15.6. The predicted molar refractivity (Wildman–Crippen MR) is 116 cm³/mol. The molecule has 1 saturated heterocycles. The van der Waals surface area contributed by atoms with E-state index >= 15 is 0 Å². The van der Waals surface area contributed by atoms with E-state index in [1.165, 1.54) is 27.8 Å². The lowest BCUT2D eigenvalue weighted by molar-refractivity contribution is 0.0702. The summed E-state index contributed by atoms with van der Waals surface area (Å²) in [7, 11) is -3.63. The molecule has 0 atom stereocenters. The van der Waals surface area contributed by atoms with E-state index in [1.807, 2.05) is 24.4 Å². The van der Waals surface area contributed by atoms with Gasteiger partial charge in [0, 0.05) is 31.2 Å². The van der Waals surface area contributed by atoms with Gasteiger partial charge in [-0.15, -0.1) is 22.7 Å². The molecule has 2 aromatic heterocycles. The maximum Gasteiger partial charge on any atom is 0.265 e. The second-order valence-electron chi connectivity index (χ2n) is 6.56. The number of benzene rings is 1. The number of piperazine rings is 1. The highest BCUT2D eigenvalue weighted by atomic mass is 35.5. The predicted octanol–water partition coefficient (Wildman–Crippen LogP) is 3.98. The minimum Gasteiger partial charge on any atom is -0.335 e. The average Bonchev–Trinajstić information content (AvgIpc) is 3.37. The molecular formula is C19H18ClN3O3S3. The Morgan fingerprint density at radius 3 is 2.55 bits per heavy atom. The zero-order chi connectivity index (χ0) is 20.6. The molecule has 0 unspecified atom stereocenters. The van der Waals surface area contributed by atoms with Crippen molar-refractivity contribution in [3.05, 3.63) is 57.4 Å². The third-order valence-electron chi connectivity index (χ3n) is 4.68. The van der Waals surface area contributed by atoms with Crippen LogP contribution in [-0.2, 0) is 10.0 Å². The summed E-state index contributed by atoms with van der Waals surface area (Å²) in [4.78, 5) is 21.0. The van der Waals surface area contributed by atoms with Crippen molar-refractivity contribution in [2.45, 2.75) is 11.8 Å². The molecular weight excluding hydrogens is 450 g/mol. The van der Waals surface area contributed by atoms with Crippen molar-refractivity contribution in [2.75, 3.05) is 26.2 Å². The van der Waals surface area contributed by atoms with Gasteiger partial charge in [0.2, 0.25) is 10.0 Å². The minimum absolute atomic E-state index is 0.0948. The third-order valence-corrected chi connectivity index (χ3v) is 9.00. The number of amides is 1. The van der Waals surface area contributed by atoms with Crippen LogP contribution in [0.15, 0.2) is 46.7 Å². The van der Waals surface area contributed by atoms with Gasteiger partial charge >= 0.3 is 0 Å². The summed E-state index contributed by atoms with van der Waals surface area (Å²) < 4.78 is 27.1. The van der Waals surface area contributed by atoms with Gasteiger partial charge < -0.3 is 4.90 Å². The summed E-state index contributed by atoms with van der Waals surface area (Å²) in [6.07, 6.45) is 0. The Hall–Kier alpha value is -1.78. The molecule has 1 aromatic carbocycles. The number of nitrogens with zero attached hydrogens (tertiary/aromatic N) is 3. The van der Waals surface area contributed by atoms with Gasteiger partial charge in [-0.05, 0) is 36.6 Å². The Morgan fingerprint density at radius 2 is 1.90 bits per heavy atom. The van der Waals surface area contributed by atoms with Gasteiger partial charge in [-0.1, -0.05) is 23.7 Å². The van der Waals surface area contributed by atoms with E-state index in [9.17, 15) is 13.2 Å². The summed E-state index contributed by atoms with van der Waals surface area (Å²) in [5.74, 6) is -0.0948. The number of thiophene rings is 1. The smallest absolute Gasteiger partial charge is 0.265 e. The Balaban J connectivity index is 1.47. The molecule has 152 valence electrons.